The minimum absolute atomic E-state index is 0.262. The lowest BCUT2D eigenvalue weighted by Crippen LogP contribution is -2.30. The van der Waals surface area contributed by atoms with E-state index in [0.29, 0.717) is 28.9 Å². The van der Waals surface area contributed by atoms with Gasteiger partial charge >= 0.3 is 0 Å². The first kappa shape index (κ1) is 17.3. The summed E-state index contributed by atoms with van der Waals surface area (Å²) in [5.41, 5.74) is 1.42. The zero-order valence-corrected chi connectivity index (χ0v) is 14.9. The molecule has 1 amide bonds. The number of nitrogens with zero attached hydrogens (tertiary/aromatic N) is 3. The molecule has 2 heterocycles. The minimum atomic E-state index is -0.346. The number of aryl methyl sites for hydroxylation is 1. The topological polar surface area (TPSA) is 80.9 Å². The first-order valence-corrected chi connectivity index (χ1v) is 8.92. The second kappa shape index (κ2) is 7.26. The predicted octanol–water partition coefficient (Wildman–Crippen LogP) is 3.85. The summed E-state index contributed by atoms with van der Waals surface area (Å²) >= 11 is 0. The smallest absolute Gasteiger partial charge is 0.270 e. The van der Waals surface area contributed by atoms with Gasteiger partial charge in [-0.3, -0.25) is 4.79 Å². The molecular weight excluding hydrogens is 347 g/mol. The van der Waals surface area contributed by atoms with Gasteiger partial charge in [0.2, 0.25) is 5.89 Å². The molecule has 1 atom stereocenters. The molecule has 3 aromatic rings. The largest absolute Gasteiger partial charge is 0.341 e. The van der Waals surface area contributed by atoms with Crippen LogP contribution in [-0.2, 0) is 0 Å². The number of aromatic nitrogens is 3. The monoisotopic (exact) mass is 366 g/mol. The second-order valence-electron chi connectivity index (χ2n) is 6.80. The van der Waals surface area contributed by atoms with E-state index in [4.69, 9.17) is 4.52 Å². The highest BCUT2D eigenvalue weighted by molar-refractivity contribution is 5.93. The summed E-state index contributed by atoms with van der Waals surface area (Å²) in [5.74, 6) is 0.850. The summed E-state index contributed by atoms with van der Waals surface area (Å²) in [5, 5.41) is 6.92. The van der Waals surface area contributed by atoms with Crippen LogP contribution in [0.15, 0.2) is 47.0 Å². The molecule has 7 heteroatoms. The maximum absolute atomic E-state index is 13.5. The van der Waals surface area contributed by atoms with Crippen molar-refractivity contribution in [3.63, 3.8) is 0 Å². The zero-order chi connectivity index (χ0) is 18.8. The fourth-order valence-corrected chi connectivity index (χ4v) is 2.97. The quantitative estimate of drug-likeness (QED) is 0.717. The first-order valence-electron chi connectivity index (χ1n) is 8.92. The average Bonchev–Trinajstić information content (AvgIpc) is 3.39. The Hall–Kier alpha value is -3.09. The fraction of sp³-hybridized carbons (Fsp3) is 0.300. The number of benzene rings is 1. The summed E-state index contributed by atoms with van der Waals surface area (Å²) in [6.07, 6.45) is 3.07. The number of pyridine rings is 1. The van der Waals surface area contributed by atoms with Crippen molar-refractivity contribution >= 4 is 5.91 Å². The Labute approximate surface area is 155 Å². The van der Waals surface area contributed by atoms with Crippen LogP contribution >= 0.6 is 0 Å². The third-order valence-corrected chi connectivity index (χ3v) is 4.53. The van der Waals surface area contributed by atoms with Gasteiger partial charge in [-0.2, -0.15) is 4.98 Å². The van der Waals surface area contributed by atoms with Crippen LogP contribution in [0.3, 0.4) is 0 Å². The Morgan fingerprint density at radius 2 is 2.07 bits per heavy atom. The molecule has 1 saturated carbocycles. The molecule has 6 nitrogen and oxygen atoms in total. The highest BCUT2D eigenvalue weighted by Gasteiger charge is 2.30. The molecule has 1 aliphatic carbocycles. The van der Waals surface area contributed by atoms with Crippen LogP contribution in [0.1, 0.15) is 47.5 Å². The number of nitrogens with one attached hydrogen (secondary N) is 1. The Balaban J connectivity index is 1.55. The number of hydrogen-bond acceptors (Lipinski definition) is 5. The summed E-state index contributed by atoms with van der Waals surface area (Å²) < 4.78 is 18.5. The molecule has 4 rings (SSSR count). The van der Waals surface area contributed by atoms with Crippen molar-refractivity contribution in [2.45, 2.75) is 32.2 Å². The van der Waals surface area contributed by atoms with E-state index in [1.165, 1.54) is 12.1 Å². The van der Waals surface area contributed by atoms with Crippen LogP contribution in [0, 0.1) is 18.7 Å². The maximum atomic E-state index is 13.5. The van der Waals surface area contributed by atoms with Crippen LogP contribution in [0.2, 0.25) is 0 Å². The first-order chi connectivity index (χ1) is 13.1. The standard InChI is InChI=1S/C20H19FN4O2/c1-12-22-19(25-27-12)18(10-13-8-9-13)24-20(26)17-7-3-6-16(23-17)14-4-2-5-15(21)11-14/h2-7,11,13,18H,8-10H2,1H3,(H,24,26). The molecule has 0 bridgehead atoms. The van der Waals surface area contributed by atoms with Crippen molar-refractivity contribution in [3.05, 3.63) is 65.7 Å². The number of hydrogen-bond donors (Lipinski definition) is 1. The van der Waals surface area contributed by atoms with E-state index < -0.39 is 0 Å². The van der Waals surface area contributed by atoms with Gasteiger partial charge in [-0.15, -0.1) is 0 Å². The lowest BCUT2D eigenvalue weighted by atomic mass is 10.1. The molecule has 0 aliphatic heterocycles. The number of carbonyl (C=O) groups is 1. The summed E-state index contributed by atoms with van der Waals surface area (Å²) in [6, 6.07) is 10.9. The SMILES string of the molecule is Cc1nc(C(CC2CC2)NC(=O)c2cccc(-c3cccc(F)c3)n2)no1. The molecular formula is C20H19FN4O2. The van der Waals surface area contributed by atoms with Gasteiger partial charge in [0.15, 0.2) is 5.82 Å². The molecule has 1 aromatic carbocycles. The van der Waals surface area contributed by atoms with E-state index in [-0.39, 0.29) is 23.5 Å². The van der Waals surface area contributed by atoms with Crippen molar-refractivity contribution in [2.75, 3.05) is 0 Å². The zero-order valence-electron chi connectivity index (χ0n) is 14.9. The normalized spacial score (nSPS) is 14.7. The van der Waals surface area contributed by atoms with Crippen LogP contribution in [-0.4, -0.2) is 21.0 Å². The molecule has 138 valence electrons. The third kappa shape index (κ3) is 4.19. The summed E-state index contributed by atoms with van der Waals surface area (Å²) in [4.78, 5) is 21.4. The predicted molar refractivity (Wildman–Crippen MR) is 96.2 cm³/mol. The van der Waals surface area contributed by atoms with Crippen molar-refractivity contribution < 1.29 is 13.7 Å². The van der Waals surface area contributed by atoms with Crippen LogP contribution in [0.25, 0.3) is 11.3 Å². The van der Waals surface area contributed by atoms with E-state index in [0.717, 1.165) is 19.3 Å². The molecule has 1 aliphatic rings. The second-order valence-corrected chi connectivity index (χ2v) is 6.80. The third-order valence-electron chi connectivity index (χ3n) is 4.53. The summed E-state index contributed by atoms with van der Waals surface area (Å²) in [6.45, 7) is 1.72. The van der Waals surface area contributed by atoms with Gasteiger partial charge in [0.25, 0.3) is 5.91 Å². The van der Waals surface area contributed by atoms with Gasteiger partial charge in [-0.25, -0.2) is 9.37 Å². The number of halogens is 1. The van der Waals surface area contributed by atoms with Crippen molar-refractivity contribution in [2.24, 2.45) is 5.92 Å². The minimum Gasteiger partial charge on any atom is -0.341 e. The van der Waals surface area contributed by atoms with Gasteiger partial charge < -0.3 is 9.84 Å². The van der Waals surface area contributed by atoms with Crippen LogP contribution in [0.4, 0.5) is 4.39 Å². The van der Waals surface area contributed by atoms with Gasteiger partial charge in [0.05, 0.1) is 11.7 Å². The molecule has 0 spiro atoms. The Bertz CT molecular complexity index is 968. The molecule has 0 saturated heterocycles. The Morgan fingerprint density at radius 3 is 2.78 bits per heavy atom. The fourth-order valence-electron chi connectivity index (χ4n) is 2.97. The van der Waals surface area contributed by atoms with Crippen LogP contribution in [0.5, 0.6) is 0 Å². The Kier molecular flexibility index (Phi) is 4.66. The van der Waals surface area contributed by atoms with Crippen molar-refractivity contribution in [1.29, 1.82) is 0 Å². The van der Waals surface area contributed by atoms with E-state index in [1.54, 1.807) is 37.3 Å². The van der Waals surface area contributed by atoms with E-state index in [9.17, 15) is 9.18 Å². The lowest BCUT2D eigenvalue weighted by molar-refractivity contribution is 0.0926. The maximum Gasteiger partial charge on any atom is 0.270 e. The Morgan fingerprint density at radius 1 is 1.26 bits per heavy atom. The van der Waals surface area contributed by atoms with Crippen molar-refractivity contribution in [3.8, 4) is 11.3 Å². The van der Waals surface area contributed by atoms with E-state index in [1.807, 2.05) is 0 Å². The molecule has 2 aromatic heterocycles. The molecule has 1 unspecified atom stereocenters. The summed E-state index contributed by atoms with van der Waals surface area (Å²) in [7, 11) is 0. The number of rotatable bonds is 6. The van der Waals surface area contributed by atoms with Gasteiger partial charge in [-0.1, -0.05) is 36.2 Å². The molecule has 0 radical (unpaired) electrons. The molecule has 27 heavy (non-hydrogen) atoms. The lowest BCUT2D eigenvalue weighted by Gasteiger charge is -2.15. The highest BCUT2D eigenvalue weighted by Crippen LogP contribution is 2.37. The average molecular weight is 366 g/mol. The van der Waals surface area contributed by atoms with Gasteiger partial charge in [0.1, 0.15) is 11.5 Å². The van der Waals surface area contributed by atoms with Crippen LogP contribution < -0.4 is 5.32 Å². The van der Waals surface area contributed by atoms with Crippen molar-refractivity contribution in [1.82, 2.24) is 20.4 Å². The molecule has 1 N–H and O–H groups in total. The van der Waals surface area contributed by atoms with Gasteiger partial charge in [-0.05, 0) is 36.6 Å². The van der Waals surface area contributed by atoms with E-state index >= 15 is 0 Å². The number of amides is 1. The van der Waals surface area contributed by atoms with E-state index in [2.05, 4.69) is 20.4 Å². The molecule has 1 fully saturated rings. The number of carbonyl (C=O) groups excluding carboxylic acids is 1. The van der Waals surface area contributed by atoms with Gasteiger partial charge in [0, 0.05) is 12.5 Å². The highest BCUT2D eigenvalue weighted by atomic mass is 19.1.